The first-order chi connectivity index (χ1) is 11.7. The van der Waals surface area contributed by atoms with Gasteiger partial charge in [-0.2, -0.15) is 0 Å². The summed E-state index contributed by atoms with van der Waals surface area (Å²) >= 11 is 3.41. The normalized spacial score (nSPS) is 14.7. The Morgan fingerprint density at radius 3 is 2.38 bits per heavy atom. The number of halogens is 1. The molecule has 1 saturated heterocycles. The fourth-order valence-corrected chi connectivity index (χ4v) is 3.53. The molecule has 4 heteroatoms. The Hall–Kier alpha value is -1.65. The minimum absolute atomic E-state index is 0.0700. The van der Waals surface area contributed by atoms with Crippen LogP contribution < -0.4 is 10.2 Å². The molecule has 126 valence electrons. The zero-order valence-electron chi connectivity index (χ0n) is 13.9. The van der Waals surface area contributed by atoms with Crippen LogP contribution in [0.1, 0.15) is 29.5 Å². The molecule has 0 aromatic heterocycles. The zero-order chi connectivity index (χ0) is 16.8. The summed E-state index contributed by atoms with van der Waals surface area (Å²) in [4.78, 5) is 13.9. The summed E-state index contributed by atoms with van der Waals surface area (Å²) in [7, 11) is 0. The SMILES string of the molecule is O=C(Cc1ccc(Br)cc1)NCc1ccccc1C[NH+]1CCCC1. The van der Waals surface area contributed by atoms with Crippen LogP contribution in [0.4, 0.5) is 0 Å². The first kappa shape index (κ1) is 17.2. The van der Waals surface area contributed by atoms with Gasteiger partial charge in [-0.15, -0.1) is 0 Å². The number of hydrogen-bond acceptors (Lipinski definition) is 1. The first-order valence-corrected chi connectivity index (χ1v) is 9.41. The Labute approximate surface area is 152 Å². The third-order valence-corrected chi connectivity index (χ3v) is 5.15. The number of carbonyl (C=O) groups is 1. The van der Waals surface area contributed by atoms with E-state index in [4.69, 9.17) is 0 Å². The quantitative estimate of drug-likeness (QED) is 0.784. The van der Waals surface area contributed by atoms with E-state index < -0.39 is 0 Å². The van der Waals surface area contributed by atoms with Crippen molar-refractivity contribution in [2.45, 2.75) is 32.4 Å². The molecule has 1 heterocycles. The van der Waals surface area contributed by atoms with Crippen LogP contribution in [0.5, 0.6) is 0 Å². The number of benzene rings is 2. The molecule has 0 aliphatic carbocycles. The van der Waals surface area contributed by atoms with Crippen molar-refractivity contribution in [1.29, 1.82) is 0 Å². The molecule has 0 radical (unpaired) electrons. The maximum Gasteiger partial charge on any atom is 0.224 e. The number of hydrogen-bond donors (Lipinski definition) is 2. The van der Waals surface area contributed by atoms with E-state index >= 15 is 0 Å². The van der Waals surface area contributed by atoms with Gasteiger partial charge in [0.2, 0.25) is 5.91 Å². The van der Waals surface area contributed by atoms with Gasteiger partial charge in [-0.25, -0.2) is 0 Å². The molecule has 1 fully saturated rings. The summed E-state index contributed by atoms with van der Waals surface area (Å²) in [6.07, 6.45) is 3.09. The Morgan fingerprint density at radius 2 is 1.67 bits per heavy atom. The van der Waals surface area contributed by atoms with E-state index in [1.54, 1.807) is 4.90 Å². The third kappa shape index (κ3) is 4.92. The van der Waals surface area contributed by atoms with E-state index in [1.165, 1.54) is 37.1 Å². The molecule has 2 aromatic carbocycles. The number of amides is 1. The third-order valence-electron chi connectivity index (χ3n) is 4.62. The minimum Gasteiger partial charge on any atom is -0.352 e. The Kier molecular flexibility index (Phi) is 6.05. The van der Waals surface area contributed by atoms with Gasteiger partial charge in [0.1, 0.15) is 6.54 Å². The van der Waals surface area contributed by atoms with Crippen molar-refractivity contribution in [2.75, 3.05) is 13.1 Å². The van der Waals surface area contributed by atoms with Crippen molar-refractivity contribution in [3.8, 4) is 0 Å². The Morgan fingerprint density at radius 1 is 1.00 bits per heavy atom. The fourth-order valence-electron chi connectivity index (χ4n) is 3.27. The van der Waals surface area contributed by atoms with E-state index in [0.29, 0.717) is 13.0 Å². The predicted molar refractivity (Wildman–Crippen MR) is 99.8 cm³/mol. The molecule has 1 aliphatic rings. The van der Waals surface area contributed by atoms with Crippen molar-refractivity contribution in [1.82, 2.24) is 5.32 Å². The molecule has 1 aliphatic heterocycles. The summed E-state index contributed by atoms with van der Waals surface area (Å²) in [6.45, 7) is 4.21. The smallest absolute Gasteiger partial charge is 0.224 e. The molecular formula is C20H24BrN2O+. The molecule has 24 heavy (non-hydrogen) atoms. The second-order valence-corrected chi connectivity index (χ2v) is 7.40. The lowest BCUT2D eigenvalue weighted by Crippen LogP contribution is -3.08. The van der Waals surface area contributed by atoms with Gasteiger partial charge in [0.25, 0.3) is 0 Å². The fraction of sp³-hybridized carbons (Fsp3) is 0.350. The van der Waals surface area contributed by atoms with Gasteiger partial charge >= 0.3 is 0 Å². The van der Waals surface area contributed by atoms with Crippen LogP contribution in [0.2, 0.25) is 0 Å². The van der Waals surface area contributed by atoms with Gasteiger partial charge in [-0.05, 0) is 23.3 Å². The second kappa shape index (κ2) is 8.45. The summed E-state index contributed by atoms with van der Waals surface area (Å²) in [5.74, 6) is 0.0700. The van der Waals surface area contributed by atoms with Crippen LogP contribution >= 0.6 is 15.9 Å². The number of rotatable bonds is 6. The Bertz CT molecular complexity index is 678. The van der Waals surface area contributed by atoms with Gasteiger partial charge in [-0.1, -0.05) is 52.3 Å². The molecule has 3 rings (SSSR count). The maximum atomic E-state index is 12.2. The molecule has 3 nitrogen and oxygen atoms in total. The van der Waals surface area contributed by atoms with E-state index in [2.05, 4.69) is 45.5 Å². The van der Waals surface area contributed by atoms with E-state index in [-0.39, 0.29) is 5.91 Å². The van der Waals surface area contributed by atoms with Crippen molar-refractivity contribution in [3.63, 3.8) is 0 Å². The van der Waals surface area contributed by atoms with Crippen LogP contribution in [-0.2, 0) is 24.3 Å². The van der Waals surface area contributed by atoms with Gasteiger partial charge in [0.05, 0.1) is 19.5 Å². The van der Waals surface area contributed by atoms with Crippen molar-refractivity contribution in [2.24, 2.45) is 0 Å². The van der Waals surface area contributed by atoms with Crippen LogP contribution in [0, 0.1) is 0 Å². The topological polar surface area (TPSA) is 33.5 Å². The van der Waals surface area contributed by atoms with Crippen LogP contribution in [0.15, 0.2) is 53.0 Å². The number of nitrogens with one attached hydrogen (secondary N) is 2. The van der Waals surface area contributed by atoms with Crippen LogP contribution in [0.25, 0.3) is 0 Å². The van der Waals surface area contributed by atoms with E-state index in [9.17, 15) is 4.79 Å². The molecule has 0 saturated carbocycles. The second-order valence-electron chi connectivity index (χ2n) is 6.48. The molecule has 0 unspecified atom stereocenters. The highest BCUT2D eigenvalue weighted by molar-refractivity contribution is 9.10. The van der Waals surface area contributed by atoms with Crippen molar-refractivity contribution < 1.29 is 9.69 Å². The standard InChI is InChI=1S/C20H23BrN2O/c21-19-9-7-16(8-10-19)13-20(24)22-14-17-5-1-2-6-18(17)15-23-11-3-4-12-23/h1-2,5-10H,3-4,11-15H2,(H,22,24)/p+1. The highest BCUT2D eigenvalue weighted by Gasteiger charge is 2.17. The van der Waals surface area contributed by atoms with Crippen LogP contribution in [-0.4, -0.2) is 19.0 Å². The molecule has 0 spiro atoms. The molecule has 2 aromatic rings. The minimum atomic E-state index is 0.0700. The summed E-state index contributed by atoms with van der Waals surface area (Å²) in [6, 6.07) is 16.4. The van der Waals surface area contributed by atoms with Gasteiger partial charge in [-0.3, -0.25) is 4.79 Å². The van der Waals surface area contributed by atoms with Gasteiger partial charge in [0, 0.05) is 29.4 Å². The molecule has 2 N–H and O–H groups in total. The molecule has 0 bridgehead atoms. The molecule has 1 amide bonds. The zero-order valence-corrected chi connectivity index (χ0v) is 15.4. The van der Waals surface area contributed by atoms with Crippen molar-refractivity contribution >= 4 is 21.8 Å². The van der Waals surface area contributed by atoms with E-state index in [1.807, 2.05) is 24.3 Å². The maximum absolute atomic E-state index is 12.2. The summed E-state index contributed by atoms with van der Waals surface area (Å²) in [5, 5.41) is 3.07. The van der Waals surface area contributed by atoms with Gasteiger partial charge in [0.15, 0.2) is 0 Å². The van der Waals surface area contributed by atoms with Gasteiger partial charge < -0.3 is 10.2 Å². The van der Waals surface area contributed by atoms with Crippen LogP contribution in [0.3, 0.4) is 0 Å². The predicted octanol–water partition coefficient (Wildman–Crippen LogP) is 2.49. The molecular weight excluding hydrogens is 364 g/mol. The number of quaternary nitrogens is 1. The highest BCUT2D eigenvalue weighted by atomic mass is 79.9. The van der Waals surface area contributed by atoms with Crippen molar-refractivity contribution in [3.05, 3.63) is 69.7 Å². The lowest BCUT2D eigenvalue weighted by atomic mass is 10.1. The largest absolute Gasteiger partial charge is 0.352 e. The monoisotopic (exact) mass is 387 g/mol. The summed E-state index contributed by atoms with van der Waals surface area (Å²) < 4.78 is 1.03. The first-order valence-electron chi connectivity index (χ1n) is 8.62. The highest BCUT2D eigenvalue weighted by Crippen LogP contribution is 2.11. The number of carbonyl (C=O) groups excluding carboxylic acids is 1. The summed E-state index contributed by atoms with van der Waals surface area (Å²) in [5.41, 5.74) is 3.63. The Balaban J connectivity index is 1.55. The van der Waals surface area contributed by atoms with E-state index in [0.717, 1.165) is 16.6 Å². The number of likely N-dealkylation sites (tertiary alicyclic amines) is 1. The lowest BCUT2D eigenvalue weighted by molar-refractivity contribution is -0.901. The molecule has 0 atom stereocenters. The average Bonchev–Trinajstić information content (AvgIpc) is 3.09. The lowest BCUT2D eigenvalue weighted by Gasteiger charge is -2.15. The average molecular weight is 388 g/mol.